The van der Waals surface area contributed by atoms with E-state index in [1.54, 1.807) is 10.9 Å². The fourth-order valence-corrected chi connectivity index (χ4v) is 2.06. The summed E-state index contributed by atoms with van der Waals surface area (Å²) in [6.07, 6.45) is 4.00. The molecule has 4 nitrogen and oxygen atoms in total. The van der Waals surface area contributed by atoms with Crippen LogP contribution in [0.5, 0.6) is 0 Å². The Morgan fingerprint density at radius 2 is 2.16 bits per heavy atom. The van der Waals surface area contributed by atoms with Gasteiger partial charge >= 0.3 is 0 Å². The number of halogens is 1. The molecule has 0 bridgehead atoms. The van der Waals surface area contributed by atoms with Gasteiger partial charge in [0, 0.05) is 29.8 Å². The normalized spacial score (nSPS) is 12.1. The summed E-state index contributed by atoms with van der Waals surface area (Å²) < 4.78 is 2.79. The quantitative estimate of drug-likeness (QED) is 0.920. The number of carbonyl (C=O) groups excluding carboxylic acids is 1. The maximum Gasteiger partial charge on any atom is 0.222 e. The molecular weight excluding hydrogens is 306 g/mol. The predicted molar refractivity (Wildman–Crippen MR) is 77.5 cm³/mol. The van der Waals surface area contributed by atoms with Crippen molar-refractivity contribution in [3.63, 3.8) is 0 Å². The van der Waals surface area contributed by atoms with E-state index in [2.05, 4.69) is 26.3 Å². The minimum absolute atomic E-state index is 0.0122. The molecule has 1 N–H and O–H groups in total. The smallest absolute Gasteiger partial charge is 0.222 e. The monoisotopic (exact) mass is 321 g/mol. The molecule has 1 atom stereocenters. The molecule has 0 spiro atoms. The summed E-state index contributed by atoms with van der Waals surface area (Å²) in [7, 11) is 0. The molecule has 2 rings (SSSR count). The van der Waals surface area contributed by atoms with Gasteiger partial charge in [-0.3, -0.25) is 9.48 Å². The number of aryl methyl sites for hydroxylation is 1. The fourth-order valence-electron chi connectivity index (χ4n) is 1.80. The number of hydrogen-bond donors (Lipinski definition) is 1. The van der Waals surface area contributed by atoms with Crippen molar-refractivity contribution in [2.75, 3.05) is 0 Å². The van der Waals surface area contributed by atoms with Gasteiger partial charge in [-0.25, -0.2) is 0 Å². The first-order valence-corrected chi connectivity index (χ1v) is 6.97. The van der Waals surface area contributed by atoms with Crippen LogP contribution >= 0.6 is 15.9 Å². The zero-order valence-electron chi connectivity index (χ0n) is 10.7. The highest BCUT2D eigenvalue weighted by Crippen LogP contribution is 2.16. The Morgan fingerprint density at radius 3 is 2.79 bits per heavy atom. The van der Waals surface area contributed by atoms with Gasteiger partial charge in [0.15, 0.2) is 0 Å². The predicted octanol–water partition coefficient (Wildman–Crippen LogP) is 2.91. The van der Waals surface area contributed by atoms with Crippen molar-refractivity contribution >= 4 is 21.8 Å². The van der Waals surface area contributed by atoms with Crippen molar-refractivity contribution in [2.45, 2.75) is 25.9 Å². The van der Waals surface area contributed by atoms with Crippen molar-refractivity contribution in [1.82, 2.24) is 15.1 Å². The average Bonchev–Trinajstić information content (AvgIpc) is 2.90. The molecule has 100 valence electrons. The van der Waals surface area contributed by atoms with Crippen LogP contribution in [0.3, 0.4) is 0 Å². The first-order valence-electron chi connectivity index (χ1n) is 6.17. The van der Waals surface area contributed by atoms with Crippen LogP contribution in [0.15, 0.2) is 47.2 Å². The Bertz CT molecular complexity index is 522. The SMILES string of the molecule is CC(NC(=O)CCn1cccn1)c1ccc(Br)cc1. The van der Waals surface area contributed by atoms with Crippen LogP contribution in [-0.2, 0) is 11.3 Å². The number of nitrogens with zero attached hydrogens (tertiary/aromatic N) is 2. The van der Waals surface area contributed by atoms with Gasteiger partial charge in [0.25, 0.3) is 0 Å². The topological polar surface area (TPSA) is 46.9 Å². The van der Waals surface area contributed by atoms with Gasteiger partial charge in [0.05, 0.1) is 6.04 Å². The van der Waals surface area contributed by atoms with Crippen molar-refractivity contribution in [3.8, 4) is 0 Å². The molecular formula is C14H16BrN3O. The molecule has 1 amide bonds. The molecule has 0 saturated heterocycles. The second-order valence-corrected chi connectivity index (χ2v) is 5.28. The molecule has 1 unspecified atom stereocenters. The number of rotatable bonds is 5. The Labute approximate surface area is 120 Å². The largest absolute Gasteiger partial charge is 0.350 e. The molecule has 1 heterocycles. The van der Waals surface area contributed by atoms with Crippen LogP contribution in [-0.4, -0.2) is 15.7 Å². The number of carbonyl (C=O) groups is 1. The third-order valence-corrected chi connectivity index (χ3v) is 3.40. The zero-order valence-corrected chi connectivity index (χ0v) is 12.3. The van der Waals surface area contributed by atoms with Gasteiger partial charge in [-0.15, -0.1) is 0 Å². The zero-order chi connectivity index (χ0) is 13.7. The Morgan fingerprint density at radius 1 is 1.42 bits per heavy atom. The van der Waals surface area contributed by atoms with E-state index in [0.717, 1.165) is 10.0 Å². The molecule has 0 aliphatic rings. The fraction of sp³-hybridized carbons (Fsp3) is 0.286. The van der Waals surface area contributed by atoms with Gasteiger partial charge in [-0.05, 0) is 30.7 Å². The van der Waals surface area contributed by atoms with Crippen LogP contribution in [0.4, 0.5) is 0 Å². The lowest BCUT2D eigenvalue weighted by Crippen LogP contribution is -2.27. The van der Waals surface area contributed by atoms with E-state index in [1.807, 2.05) is 43.5 Å². The van der Waals surface area contributed by atoms with Crippen LogP contribution in [0.1, 0.15) is 24.9 Å². The number of nitrogens with one attached hydrogen (secondary N) is 1. The molecule has 1 aromatic carbocycles. The first-order chi connectivity index (χ1) is 9.15. The van der Waals surface area contributed by atoms with E-state index in [0.29, 0.717) is 13.0 Å². The lowest BCUT2D eigenvalue weighted by atomic mass is 10.1. The Hall–Kier alpha value is -1.62. The van der Waals surface area contributed by atoms with Gasteiger partial charge < -0.3 is 5.32 Å². The molecule has 0 fully saturated rings. The van der Waals surface area contributed by atoms with E-state index < -0.39 is 0 Å². The maximum atomic E-state index is 11.8. The molecule has 2 aromatic rings. The van der Waals surface area contributed by atoms with Crippen molar-refractivity contribution < 1.29 is 4.79 Å². The summed E-state index contributed by atoms with van der Waals surface area (Å²) in [5, 5.41) is 7.05. The van der Waals surface area contributed by atoms with Gasteiger partial charge in [-0.2, -0.15) is 5.10 Å². The number of amides is 1. The van der Waals surface area contributed by atoms with E-state index in [9.17, 15) is 4.79 Å². The third-order valence-electron chi connectivity index (χ3n) is 2.87. The molecule has 0 aliphatic carbocycles. The van der Waals surface area contributed by atoms with Crippen LogP contribution in [0.2, 0.25) is 0 Å². The van der Waals surface area contributed by atoms with Crippen LogP contribution in [0.25, 0.3) is 0 Å². The second-order valence-electron chi connectivity index (χ2n) is 4.36. The highest BCUT2D eigenvalue weighted by molar-refractivity contribution is 9.10. The van der Waals surface area contributed by atoms with E-state index >= 15 is 0 Å². The van der Waals surface area contributed by atoms with Crippen molar-refractivity contribution in [3.05, 3.63) is 52.8 Å². The molecule has 5 heteroatoms. The molecule has 0 aliphatic heterocycles. The summed E-state index contributed by atoms with van der Waals surface area (Å²) in [4.78, 5) is 11.8. The summed E-state index contributed by atoms with van der Waals surface area (Å²) in [6, 6.07) is 9.81. The first kappa shape index (κ1) is 13.8. The molecule has 19 heavy (non-hydrogen) atoms. The molecule has 1 aromatic heterocycles. The lowest BCUT2D eigenvalue weighted by molar-refractivity contribution is -0.122. The van der Waals surface area contributed by atoms with E-state index in [4.69, 9.17) is 0 Å². The summed E-state index contributed by atoms with van der Waals surface area (Å²) >= 11 is 3.40. The standard InChI is InChI=1S/C14H16BrN3O/c1-11(12-3-5-13(15)6-4-12)17-14(19)7-10-18-9-2-8-16-18/h2-6,8-9,11H,7,10H2,1H3,(H,17,19). The van der Waals surface area contributed by atoms with E-state index in [1.165, 1.54) is 0 Å². The minimum atomic E-state index is 0.0122. The van der Waals surface area contributed by atoms with Crippen molar-refractivity contribution in [2.24, 2.45) is 0 Å². The minimum Gasteiger partial charge on any atom is -0.350 e. The van der Waals surface area contributed by atoms with Crippen LogP contribution in [0, 0.1) is 0 Å². The number of aromatic nitrogens is 2. The van der Waals surface area contributed by atoms with Crippen LogP contribution < -0.4 is 5.32 Å². The molecule has 0 saturated carbocycles. The highest BCUT2D eigenvalue weighted by Gasteiger charge is 2.09. The third kappa shape index (κ3) is 4.21. The van der Waals surface area contributed by atoms with E-state index in [-0.39, 0.29) is 11.9 Å². The summed E-state index contributed by atoms with van der Waals surface area (Å²) in [5.74, 6) is 0.0333. The highest BCUT2D eigenvalue weighted by atomic mass is 79.9. The van der Waals surface area contributed by atoms with Crippen molar-refractivity contribution in [1.29, 1.82) is 0 Å². The Kier molecular flexibility index (Phi) is 4.74. The van der Waals surface area contributed by atoms with Gasteiger partial charge in [0.1, 0.15) is 0 Å². The number of hydrogen-bond acceptors (Lipinski definition) is 2. The lowest BCUT2D eigenvalue weighted by Gasteiger charge is -2.14. The Balaban J connectivity index is 1.83. The summed E-state index contributed by atoms with van der Waals surface area (Å²) in [5.41, 5.74) is 1.09. The van der Waals surface area contributed by atoms with Gasteiger partial charge in [0.2, 0.25) is 5.91 Å². The molecule has 0 radical (unpaired) electrons. The van der Waals surface area contributed by atoms with Gasteiger partial charge in [-0.1, -0.05) is 28.1 Å². The second kappa shape index (κ2) is 6.52. The number of benzene rings is 1. The summed E-state index contributed by atoms with van der Waals surface area (Å²) in [6.45, 7) is 2.58. The average molecular weight is 322 g/mol. The maximum absolute atomic E-state index is 11.8.